The van der Waals surface area contributed by atoms with Crippen LogP contribution in [0.5, 0.6) is 11.5 Å². The van der Waals surface area contributed by atoms with Gasteiger partial charge in [-0.05, 0) is 55.5 Å². The summed E-state index contributed by atoms with van der Waals surface area (Å²) in [5.74, 6) is 1.71. The van der Waals surface area contributed by atoms with Crippen molar-refractivity contribution in [1.82, 2.24) is 4.98 Å². The number of carbonyl (C=O) groups is 2. The molecule has 1 aliphatic rings. The summed E-state index contributed by atoms with van der Waals surface area (Å²) >= 11 is 0. The molecule has 0 bridgehead atoms. The Morgan fingerprint density at radius 3 is 2.24 bits per heavy atom. The molecule has 0 saturated heterocycles. The Morgan fingerprint density at radius 1 is 0.862 bits per heavy atom. The number of nitrogens with zero attached hydrogens (tertiary/aromatic N) is 1. The first-order valence-corrected chi connectivity index (χ1v) is 9.13. The predicted octanol–water partition coefficient (Wildman–Crippen LogP) is 4.05. The highest BCUT2D eigenvalue weighted by Crippen LogP contribution is 2.33. The second-order valence-corrected chi connectivity index (χ2v) is 6.50. The van der Waals surface area contributed by atoms with Gasteiger partial charge in [0.2, 0.25) is 0 Å². The van der Waals surface area contributed by atoms with Gasteiger partial charge in [-0.1, -0.05) is 0 Å². The molecule has 0 fully saturated rings. The summed E-state index contributed by atoms with van der Waals surface area (Å²) in [6, 6.07) is 15.7. The highest BCUT2D eigenvalue weighted by molar-refractivity contribution is 6.04. The molecule has 0 aliphatic carbocycles. The van der Waals surface area contributed by atoms with Crippen LogP contribution in [0.25, 0.3) is 0 Å². The lowest BCUT2D eigenvalue weighted by molar-refractivity contribution is 0.101. The Labute approximate surface area is 167 Å². The molecule has 0 atom stereocenters. The number of ketones is 1. The summed E-state index contributed by atoms with van der Waals surface area (Å²) in [5.41, 5.74) is 2.44. The minimum atomic E-state index is -0.279. The first kappa shape index (κ1) is 18.5. The lowest BCUT2D eigenvalue weighted by atomic mass is 10.1. The van der Waals surface area contributed by atoms with Crippen molar-refractivity contribution in [3.05, 3.63) is 71.9 Å². The zero-order valence-electron chi connectivity index (χ0n) is 15.8. The smallest absolute Gasteiger partial charge is 0.257 e. The Morgan fingerprint density at radius 2 is 1.55 bits per heavy atom. The first-order chi connectivity index (χ1) is 14.1. The van der Waals surface area contributed by atoms with E-state index in [1.807, 2.05) is 18.2 Å². The molecule has 1 amide bonds. The van der Waals surface area contributed by atoms with Crippen LogP contribution in [0, 0.1) is 0 Å². The summed E-state index contributed by atoms with van der Waals surface area (Å²) in [6.45, 7) is 2.57. The number of fused-ring (bicyclic) bond motifs is 1. The highest BCUT2D eigenvalue weighted by Gasteiger charge is 2.12. The molecule has 1 aromatic heterocycles. The van der Waals surface area contributed by atoms with Gasteiger partial charge in [-0.2, -0.15) is 0 Å². The van der Waals surface area contributed by atoms with Crippen LogP contribution in [-0.2, 0) is 0 Å². The molecular weight excluding hydrogens is 370 g/mol. The summed E-state index contributed by atoms with van der Waals surface area (Å²) in [7, 11) is 0. The van der Waals surface area contributed by atoms with Crippen LogP contribution in [0.2, 0.25) is 0 Å². The van der Waals surface area contributed by atoms with Crippen molar-refractivity contribution >= 4 is 28.9 Å². The van der Waals surface area contributed by atoms with E-state index in [0.717, 1.165) is 11.4 Å². The highest BCUT2D eigenvalue weighted by atomic mass is 16.6. The van der Waals surface area contributed by atoms with E-state index < -0.39 is 0 Å². The third kappa shape index (κ3) is 4.35. The van der Waals surface area contributed by atoms with Crippen LogP contribution < -0.4 is 20.1 Å². The molecule has 7 nitrogen and oxygen atoms in total. The number of anilines is 3. The molecule has 0 unspecified atom stereocenters. The van der Waals surface area contributed by atoms with E-state index in [4.69, 9.17) is 9.47 Å². The summed E-state index contributed by atoms with van der Waals surface area (Å²) in [6.07, 6.45) is 1.50. The van der Waals surface area contributed by atoms with E-state index in [-0.39, 0.29) is 11.7 Å². The molecule has 2 aromatic carbocycles. The number of benzene rings is 2. The van der Waals surface area contributed by atoms with E-state index in [2.05, 4.69) is 15.6 Å². The second-order valence-electron chi connectivity index (χ2n) is 6.50. The number of pyridine rings is 1. The topological polar surface area (TPSA) is 89.6 Å². The number of nitrogens with one attached hydrogen (secondary N) is 2. The minimum absolute atomic E-state index is 0.0202. The van der Waals surface area contributed by atoms with E-state index in [1.54, 1.807) is 36.4 Å². The van der Waals surface area contributed by atoms with Crippen LogP contribution in [-0.4, -0.2) is 29.9 Å². The van der Waals surface area contributed by atoms with E-state index >= 15 is 0 Å². The van der Waals surface area contributed by atoms with Gasteiger partial charge in [0.05, 0.1) is 5.56 Å². The van der Waals surface area contributed by atoms with Gasteiger partial charge in [-0.15, -0.1) is 0 Å². The van der Waals surface area contributed by atoms with Crippen molar-refractivity contribution in [2.24, 2.45) is 0 Å². The maximum atomic E-state index is 12.4. The Kier molecular flexibility index (Phi) is 5.11. The van der Waals surface area contributed by atoms with Crippen LogP contribution >= 0.6 is 0 Å². The number of ether oxygens (including phenoxy) is 2. The van der Waals surface area contributed by atoms with E-state index in [0.29, 0.717) is 41.6 Å². The van der Waals surface area contributed by atoms with E-state index in [1.165, 1.54) is 13.1 Å². The molecule has 2 heterocycles. The Hall–Kier alpha value is -3.87. The number of Topliss-reactive ketones (excluding diaryl/α,β-unsaturated/α-hetero) is 1. The molecule has 1 aliphatic heterocycles. The number of aromatic nitrogens is 1. The van der Waals surface area contributed by atoms with Gasteiger partial charge in [-0.25, -0.2) is 4.98 Å². The Bertz CT molecular complexity index is 1050. The fourth-order valence-electron chi connectivity index (χ4n) is 2.86. The average molecular weight is 389 g/mol. The van der Waals surface area contributed by atoms with Crippen molar-refractivity contribution in [3.8, 4) is 11.5 Å². The number of amides is 1. The van der Waals surface area contributed by atoms with Crippen molar-refractivity contribution in [2.45, 2.75) is 6.92 Å². The summed E-state index contributed by atoms with van der Waals surface area (Å²) in [5, 5.41) is 5.96. The van der Waals surface area contributed by atoms with Gasteiger partial charge in [0.1, 0.15) is 19.0 Å². The third-order valence-electron chi connectivity index (χ3n) is 4.39. The maximum absolute atomic E-state index is 12.4. The van der Waals surface area contributed by atoms with Crippen LogP contribution in [0.4, 0.5) is 17.2 Å². The molecule has 0 saturated carbocycles. The normalized spacial score (nSPS) is 12.2. The monoisotopic (exact) mass is 389 g/mol. The van der Waals surface area contributed by atoms with Gasteiger partial charge in [-0.3, -0.25) is 9.59 Å². The lowest BCUT2D eigenvalue weighted by Gasteiger charge is -2.19. The fourth-order valence-corrected chi connectivity index (χ4v) is 2.86. The van der Waals surface area contributed by atoms with Crippen molar-refractivity contribution in [1.29, 1.82) is 0 Å². The van der Waals surface area contributed by atoms with E-state index in [9.17, 15) is 9.59 Å². The summed E-state index contributed by atoms with van der Waals surface area (Å²) in [4.78, 5) is 28.0. The zero-order chi connectivity index (χ0) is 20.2. The molecule has 0 spiro atoms. The maximum Gasteiger partial charge on any atom is 0.257 e. The molecular formula is C22H19N3O4. The fraction of sp³-hybridized carbons (Fsp3) is 0.136. The van der Waals surface area contributed by atoms with Gasteiger partial charge in [0, 0.05) is 29.2 Å². The second kappa shape index (κ2) is 8.02. The molecule has 2 N–H and O–H groups in total. The van der Waals surface area contributed by atoms with Gasteiger partial charge < -0.3 is 20.1 Å². The number of rotatable bonds is 5. The van der Waals surface area contributed by atoms with Crippen molar-refractivity contribution in [2.75, 3.05) is 23.8 Å². The first-order valence-electron chi connectivity index (χ1n) is 9.13. The molecule has 4 rings (SSSR count). The molecule has 146 valence electrons. The van der Waals surface area contributed by atoms with Crippen molar-refractivity contribution < 1.29 is 19.1 Å². The molecule has 3 aromatic rings. The average Bonchev–Trinajstić information content (AvgIpc) is 2.74. The third-order valence-corrected chi connectivity index (χ3v) is 4.39. The standard InChI is InChI=1S/C22H19N3O4/c1-14(26)15-2-5-17(6-3-15)25-22(27)16-4-9-21(23-13-16)24-18-7-8-19-20(12-18)29-11-10-28-19/h2-9,12-13H,10-11H2,1H3,(H,23,24)(H,25,27). The number of hydrogen-bond donors (Lipinski definition) is 2. The largest absolute Gasteiger partial charge is 0.486 e. The minimum Gasteiger partial charge on any atom is -0.486 e. The lowest BCUT2D eigenvalue weighted by Crippen LogP contribution is -2.15. The molecule has 7 heteroatoms. The van der Waals surface area contributed by atoms with Crippen molar-refractivity contribution in [3.63, 3.8) is 0 Å². The Balaban J connectivity index is 1.40. The van der Waals surface area contributed by atoms with Crippen LogP contribution in [0.1, 0.15) is 27.6 Å². The molecule has 29 heavy (non-hydrogen) atoms. The van der Waals surface area contributed by atoms with Gasteiger partial charge in [0.25, 0.3) is 5.91 Å². The van der Waals surface area contributed by atoms with Crippen LogP contribution in [0.15, 0.2) is 60.8 Å². The number of hydrogen-bond acceptors (Lipinski definition) is 6. The number of carbonyl (C=O) groups excluding carboxylic acids is 2. The predicted molar refractivity (Wildman–Crippen MR) is 109 cm³/mol. The SMILES string of the molecule is CC(=O)c1ccc(NC(=O)c2ccc(Nc3ccc4c(c3)OCCO4)nc2)cc1. The molecule has 0 radical (unpaired) electrons. The summed E-state index contributed by atoms with van der Waals surface area (Å²) < 4.78 is 11.1. The van der Waals surface area contributed by atoms with Crippen LogP contribution in [0.3, 0.4) is 0 Å². The van der Waals surface area contributed by atoms with Gasteiger partial charge >= 0.3 is 0 Å². The van der Waals surface area contributed by atoms with Gasteiger partial charge in [0.15, 0.2) is 17.3 Å². The quantitative estimate of drug-likeness (QED) is 0.640. The zero-order valence-corrected chi connectivity index (χ0v) is 15.8.